The molecule has 1 heterocycles. The molecular weight excluding hydrogens is 260 g/mol. The molecule has 104 valence electrons. The molecule has 0 radical (unpaired) electrons. The largest absolute Gasteiger partial charge is 0.489 e. The minimum atomic E-state index is -0.0416. The Morgan fingerprint density at radius 2 is 2.00 bits per heavy atom. The first kappa shape index (κ1) is 14.1. The smallest absolute Gasteiger partial charge is 0.322 e. The minimum absolute atomic E-state index is 0.0416. The Kier molecular flexibility index (Phi) is 4.96. The Bertz CT molecular complexity index is 431. The first-order chi connectivity index (χ1) is 9.16. The van der Waals surface area contributed by atoms with E-state index in [0.717, 1.165) is 36.0 Å². The van der Waals surface area contributed by atoms with Crippen LogP contribution in [0.25, 0.3) is 0 Å². The molecule has 1 aromatic carbocycles. The van der Waals surface area contributed by atoms with E-state index in [0.29, 0.717) is 0 Å². The number of amides is 2. The van der Waals surface area contributed by atoms with Crippen LogP contribution in [-0.2, 0) is 0 Å². The van der Waals surface area contributed by atoms with Crippen molar-refractivity contribution >= 4 is 23.5 Å². The lowest BCUT2D eigenvalue weighted by Gasteiger charge is -2.27. The monoisotopic (exact) mass is 280 g/mol. The number of hydrogen-bond donors (Lipinski definition) is 1. The van der Waals surface area contributed by atoms with Gasteiger partial charge in [-0.2, -0.15) is 11.8 Å². The Balaban J connectivity index is 2.03. The molecule has 1 N–H and O–H groups in total. The third kappa shape index (κ3) is 4.06. The summed E-state index contributed by atoms with van der Waals surface area (Å²) in [7, 11) is 0. The fraction of sp³-hybridized carbons (Fsp3) is 0.500. The van der Waals surface area contributed by atoms with Gasteiger partial charge in [-0.25, -0.2) is 4.79 Å². The second-order valence-corrected chi connectivity index (χ2v) is 5.92. The molecule has 1 aromatic rings. The first-order valence-electron chi connectivity index (χ1n) is 6.56. The number of rotatable bonds is 3. The molecule has 0 unspecified atom stereocenters. The van der Waals surface area contributed by atoms with Gasteiger partial charge < -0.3 is 15.0 Å². The molecule has 1 aliphatic rings. The van der Waals surface area contributed by atoms with Crippen LogP contribution in [0.2, 0.25) is 0 Å². The maximum absolute atomic E-state index is 12.2. The number of thioether (sulfide) groups is 1. The summed E-state index contributed by atoms with van der Waals surface area (Å²) in [5.74, 6) is 2.74. The average molecular weight is 280 g/mol. The number of benzene rings is 1. The van der Waals surface area contributed by atoms with E-state index in [1.807, 2.05) is 54.8 Å². The predicted octanol–water partition coefficient (Wildman–Crippen LogP) is 3.05. The van der Waals surface area contributed by atoms with Crippen molar-refractivity contribution in [2.75, 3.05) is 29.9 Å². The lowest BCUT2D eigenvalue weighted by molar-refractivity contribution is 0.216. The second kappa shape index (κ2) is 6.70. The van der Waals surface area contributed by atoms with E-state index in [4.69, 9.17) is 4.74 Å². The van der Waals surface area contributed by atoms with Crippen LogP contribution in [0.3, 0.4) is 0 Å². The van der Waals surface area contributed by atoms with Crippen molar-refractivity contribution in [3.8, 4) is 5.75 Å². The number of nitrogens with one attached hydrogen (secondary N) is 1. The number of carbonyl (C=O) groups excluding carboxylic acids is 1. The highest BCUT2D eigenvalue weighted by atomic mass is 32.2. The standard InChI is InChI=1S/C14H20N2O2S/c1-11(2)18-13-6-4-3-5-12(13)15-14(17)16-7-9-19-10-8-16/h3-6,11H,7-10H2,1-2H3,(H,15,17). The zero-order valence-corrected chi connectivity index (χ0v) is 12.2. The zero-order chi connectivity index (χ0) is 13.7. The number of ether oxygens (including phenoxy) is 1. The minimum Gasteiger partial charge on any atom is -0.489 e. The summed E-state index contributed by atoms with van der Waals surface area (Å²) in [6.07, 6.45) is 0.0874. The molecule has 0 atom stereocenters. The molecule has 19 heavy (non-hydrogen) atoms. The van der Waals surface area contributed by atoms with E-state index in [1.54, 1.807) is 0 Å². The summed E-state index contributed by atoms with van der Waals surface area (Å²) < 4.78 is 5.70. The third-order valence-corrected chi connectivity index (χ3v) is 3.73. The van der Waals surface area contributed by atoms with Crippen molar-refractivity contribution in [1.82, 2.24) is 4.90 Å². The van der Waals surface area contributed by atoms with E-state index in [9.17, 15) is 4.79 Å². The maximum Gasteiger partial charge on any atom is 0.322 e. The van der Waals surface area contributed by atoms with Gasteiger partial charge in [-0.15, -0.1) is 0 Å². The topological polar surface area (TPSA) is 41.6 Å². The Morgan fingerprint density at radius 1 is 1.32 bits per heavy atom. The van der Waals surface area contributed by atoms with E-state index in [1.165, 1.54) is 0 Å². The van der Waals surface area contributed by atoms with E-state index < -0.39 is 0 Å². The molecule has 0 bridgehead atoms. The van der Waals surface area contributed by atoms with Crippen LogP contribution < -0.4 is 10.1 Å². The fourth-order valence-electron chi connectivity index (χ4n) is 1.89. The highest BCUT2D eigenvalue weighted by Crippen LogP contribution is 2.25. The van der Waals surface area contributed by atoms with Gasteiger partial charge >= 0.3 is 6.03 Å². The molecule has 0 saturated carbocycles. The molecule has 0 aliphatic carbocycles. The fourth-order valence-corrected chi connectivity index (χ4v) is 2.79. The molecule has 0 aromatic heterocycles. The van der Waals surface area contributed by atoms with Crippen LogP contribution in [0.15, 0.2) is 24.3 Å². The van der Waals surface area contributed by atoms with Gasteiger partial charge in [-0.05, 0) is 26.0 Å². The number of carbonyl (C=O) groups is 1. The number of nitrogens with zero attached hydrogens (tertiary/aromatic N) is 1. The molecule has 5 heteroatoms. The third-order valence-electron chi connectivity index (χ3n) is 2.79. The summed E-state index contributed by atoms with van der Waals surface area (Å²) in [6.45, 7) is 5.56. The number of hydrogen-bond acceptors (Lipinski definition) is 3. The van der Waals surface area contributed by atoms with Crippen molar-refractivity contribution in [1.29, 1.82) is 0 Å². The molecule has 1 saturated heterocycles. The highest BCUT2D eigenvalue weighted by molar-refractivity contribution is 7.99. The molecule has 1 fully saturated rings. The van der Waals surface area contributed by atoms with Crippen LogP contribution >= 0.6 is 11.8 Å². The van der Waals surface area contributed by atoms with E-state index in [-0.39, 0.29) is 12.1 Å². The molecule has 4 nitrogen and oxygen atoms in total. The van der Waals surface area contributed by atoms with Crippen molar-refractivity contribution < 1.29 is 9.53 Å². The Morgan fingerprint density at radius 3 is 2.68 bits per heavy atom. The van der Waals surface area contributed by atoms with E-state index in [2.05, 4.69) is 5.32 Å². The van der Waals surface area contributed by atoms with Crippen LogP contribution in [0.5, 0.6) is 5.75 Å². The normalized spacial score (nSPS) is 15.4. The molecular formula is C14H20N2O2S. The van der Waals surface area contributed by atoms with Gasteiger partial charge in [0.05, 0.1) is 11.8 Å². The second-order valence-electron chi connectivity index (χ2n) is 4.69. The highest BCUT2D eigenvalue weighted by Gasteiger charge is 2.18. The molecule has 2 amide bonds. The Hall–Kier alpha value is -1.36. The Labute approximate surface area is 118 Å². The SMILES string of the molecule is CC(C)Oc1ccccc1NC(=O)N1CCSCC1. The summed E-state index contributed by atoms with van der Waals surface area (Å²) in [6, 6.07) is 7.51. The lowest BCUT2D eigenvalue weighted by Crippen LogP contribution is -2.40. The summed E-state index contributed by atoms with van der Waals surface area (Å²) >= 11 is 1.89. The molecule has 1 aliphatic heterocycles. The summed E-state index contributed by atoms with van der Waals surface area (Å²) in [5, 5.41) is 2.94. The molecule has 2 rings (SSSR count). The van der Waals surface area contributed by atoms with Crippen molar-refractivity contribution in [3.63, 3.8) is 0 Å². The van der Waals surface area contributed by atoms with Gasteiger partial charge in [-0.1, -0.05) is 12.1 Å². The maximum atomic E-state index is 12.2. The van der Waals surface area contributed by atoms with Gasteiger partial charge in [0.1, 0.15) is 5.75 Å². The van der Waals surface area contributed by atoms with Gasteiger partial charge in [0.15, 0.2) is 0 Å². The van der Waals surface area contributed by atoms with Crippen LogP contribution in [0, 0.1) is 0 Å². The first-order valence-corrected chi connectivity index (χ1v) is 7.71. The van der Waals surface area contributed by atoms with Crippen LogP contribution in [0.1, 0.15) is 13.8 Å². The van der Waals surface area contributed by atoms with Crippen molar-refractivity contribution in [3.05, 3.63) is 24.3 Å². The summed E-state index contributed by atoms with van der Waals surface area (Å²) in [5.41, 5.74) is 0.736. The zero-order valence-electron chi connectivity index (χ0n) is 11.4. The van der Waals surface area contributed by atoms with E-state index >= 15 is 0 Å². The van der Waals surface area contributed by atoms with Crippen molar-refractivity contribution in [2.45, 2.75) is 20.0 Å². The lowest BCUT2D eigenvalue weighted by atomic mass is 10.3. The van der Waals surface area contributed by atoms with Gasteiger partial charge in [0.25, 0.3) is 0 Å². The number of para-hydroxylation sites is 2. The van der Waals surface area contributed by atoms with Gasteiger partial charge in [-0.3, -0.25) is 0 Å². The summed E-state index contributed by atoms with van der Waals surface area (Å²) in [4.78, 5) is 14.0. The van der Waals surface area contributed by atoms with Crippen LogP contribution in [-0.4, -0.2) is 41.6 Å². The van der Waals surface area contributed by atoms with Gasteiger partial charge in [0.2, 0.25) is 0 Å². The number of urea groups is 1. The van der Waals surface area contributed by atoms with Crippen molar-refractivity contribution in [2.24, 2.45) is 0 Å². The number of anilines is 1. The quantitative estimate of drug-likeness (QED) is 0.925. The van der Waals surface area contributed by atoms with Crippen LogP contribution in [0.4, 0.5) is 10.5 Å². The molecule has 0 spiro atoms. The van der Waals surface area contributed by atoms with Gasteiger partial charge in [0, 0.05) is 24.6 Å². The predicted molar refractivity (Wildman–Crippen MR) is 80.1 cm³/mol. The average Bonchev–Trinajstić information content (AvgIpc) is 2.41.